The Kier molecular flexibility index (Phi) is 4.76. The molecule has 1 atom stereocenters. The van der Waals surface area contributed by atoms with Gasteiger partial charge in [0.05, 0.1) is 0 Å². The summed E-state index contributed by atoms with van der Waals surface area (Å²) in [5.41, 5.74) is 6.86. The first-order valence-electron chi connectivity index (χ1n) is 7.32. The van der Waals surface area contributed by atoms with Crippen LogP contribution in [0.3, 0.4) is 0 Å². The van der Waals surface area contributed by atoms with Gasteiger partial charge in [0, 0.05) is 17.6 Å². The molecular weight excluding hydrogens is 258 g/mol. The zero-order chi connectivity index (χ0) is 14.8. The fourth-order valence-electron chi connectivity index (χ4n) is 3.43. The number of benzene rings is 1. The maximum Gasteiger partial charge on any atom is 0.129 e. The molecule has 1 fully saturated rings. The molecule has 0 radical (unpaired) electrons. The zero-order valence-corrected chi connectivity index (χ0v) is 12.3. The predicted octanol–water partition coefficient (Wildman–Crippen LogP) is 3.10. The van der Waals surface area contributed by atoms with E-state index in [1.807, 2.05) is 14.1 Å². The molecule has 1 unspecified atom stereocenters. The summed E-state index contributed by atoms with van der Waals surface area (Å²) in [7, 11) is 4.10. The Labute approximate surface area is 120 Å². The van der Waals surface area contributed by atoms with Gasteiger partial charge < -0.3 is 10.6 Å². The van der Waals surface area contributed by atoms with Crippen molar-refractivity contribution in [1.82, 2.24) is 4.90 Å². The van der Waals surface area contributed by atoms with E-state index in [0.29, 0.717) is 12.0 Å². The average Bonchev–Trinajstić information content (AvgIpc) is 2.42. The van der Waals surface area contributed by atoms with Crippen molar-refractivity contribution < 1.29 is 8.78 Å². The molecule has 0 aromatic heterocycles. The quantitative estimate of drug-likeness (QED) is 0.919. The number of likely N-dealkylation sites (N-methyl/N-ethyl adjacent to an activating group) is 1. The second-order valence-electron chi connectivity index (χ2n) is 6.11. The van der Waals surface area contributed by atoms with Crippen molar-refractivity contribution >= 4 is 0 Å². The standard InChI is InChI=1S/C16H24F2N2/c1-20(2)16(8-4-3-5-9-16)15(19)10-12-6-7-13(17)11-14(12)18/h6-7,11,15H,3-5,8-10,19H2,1-2H3. The number of nitrogens with zero attached hydrogens (tertiary/aromatic N) is 1. The van der Waals surface area contributed by atoms with E-state index < -0.39 is 11.6 Å². The van der Waals surface area contributed by atoms with Gasteiger partial charge in [-0.15, -0.1) is 0 Å². The maximum absolute atomic E-state index is 13.8. The average molecular weight is 282 g/mol. The number of rotatable bonds is 4. The summed E-state index contributed by atoms with van der Waals surface area (Å²) < 4.78 is 26.8. The molecule has 1 aliphatic rings. The van der Waals surface area contributed by atoms with Gasteiger partial charge in [-0.2, -0.15) is 0 Å². The van der Waals surface area contributed by atoms with Gasteiger partial charge in [0.25, 0.3) is 0 Å². The van der Waals surface area contributed by atoms with Crippen molar-refractivity contribution in [2.45, 2.75) is 50.1 Å². The molecule has 0 aliphatic heterocycles. The predicted molar refractivity (Wildman–Crippen MR) is 77.5 cm³/mol. The summed E-state index contributed by atoms with van der Waals surface area (Å²) in [6.07, 6.45) is 6.11. The minimum atomic E-state index is -0.542. The highest BCUT2D eigenvalue weighted by Crippen LogP contribution is 2.35. The minimum absolute atomic E-state index is 0.0704. The molecule has 0 saturated heterocycles. The third-order valence-electron chi connectivity index (χ3n) is 4.76. The molecule has 2 nitrogen and oxygen atoms in total. The largest absolute Gasteiger partial charge is 0.326 e. The van der Waals surface area contributed by atoms with Crippen molar-refractivity contribution in [3.63, 3.8) is 0 Å². The summed E-state index contributed by atoms with van der Waals surface area (Å²) in [6.45, 7) is 0. The lowest BCUT2D eigenvalue weighted by atomic mass is 9.74. The molecule has 0 spiro atoms. The van der Waals surface area contributed by atoms with E-state index >= 15 is 0 Å². The lowest BCUT2D eigenvalue weighted by molar-refractivity contribution is 0.0713. The summed E-state index contributed by atoms with van der Waals surface area (Å²) >= 11 is 0. The molecule has 1 aromatic rings. The van der Waals surface area contributed by atoms with Crippen LogP contribution in [0.2, 0.25) is 0 Å². The Balaban J connectivity index is 2.18. The Morgan fingerprint density at radius 2 is 1.85 bits per heavy atom. The van der Waals surface area contributed by atoms with Gasteiger partial charge in [-0.05, 0) is 45.0 Å². The SMILES string of the molecule is CN(C)C1(C(N)Cc2ccc(F)cc2F)CCCCC1. The highest BCUT2D eigenvalue weighted by atomic mass is 19.1. The van der Waals surface area contributed by atoms with Crippen LogP contribution in [0.1, 0.15) is 37.7 Å². The number of halogens is 2. The van der Waals surface area contributed by atoms with Crippen molar-refractivity contribution in [3.8, 4) is 0 Å². The molecule has 2 N–H and O–H groups in total. The second kappa shape index (κ2) is 6.19. The molecule has 1 saturated carbocycles. The zero-order valence-electron chi connectivity index (χ0n) is 12.3. The van der Waals surface area contributed by atoms with E-state index in [4.69, 9.17) is 5.73 Å². The van der Waals surface area contributed by atoms with Crippen LogP contribution in [0, 0.1) is 11.6 Å². The van der Waals surface area contributed by atoms with Gasteiger partial charge in [0.15, 0.2) is 0 Å². The molecule has 0 bridgehead atoms. The fraction of sp³-hybridized carbons (Fsp3) is 0.625. The van der Waals surface area contributed by atoms with Crippen molar-refractivity contribution in [1.29, 1.82) is 0 Å². The van der Waals surface area contributed by atoms with Gasteiger partial charge >= 0.3 is 0 Å². The third-order valence-corrected chi connectivity index (χ3v) is 4.76. The van der Waals surface area contributed by atoms with Gasteiger partial charge in [0.1, 0.15) is 11.6 Å². The highest BCUT2D eigenvalue weighted by Gasteiger charge is 2.39. The van der Waals surface area contributed by atoms with Crippen LogP contribution in [-0.2, 0) is 6.42 Å². The van der Waals surface area contributed by atoms with E-state index in [1.54, 1.807) is 0 Å². The van der Waals surface area contributed by atoms with Crippen LogP contribution >= 0.6 is 0 Å². The maximum atomic E-state index is 13.8. The molecule has 2 rings (SSSR count). The summed E-state index contributed by atoms with van der Waals surface area (Å²) in [6, 6.07) is 3.61. The monoisotopic (exact) mass is 282 g/mol. The second-order valence-corrected chi connectivity index (χ2v) is 6.11. The van der Waals surface area contributed by atoms with Crippen LogP contribution in [0.15, 0.2) is 18.2 Å². The first-order chi connectivity index (χ1) is 9.45. The first kappa shape index (κ1) is 15.4. The van der Waals surface area contributed by atoms with E-state index in [1.165, 1.54) is 18.6 Å². The Hall–Kier alpha value is -1.00. The van der Waals surface area contributed by atoms with Gasteiger partial charge in [-0.25, -0.2) is 8.78 Å². The Morgan fingerprint density at radius 1 is 1.20 bits per heavy atom. The van der Waals surface area contributed by atoms with Gasteiger partial charge in [-0.3, -0.25) is 0 Å². The van der Waals surface area contributed by atoms with Gasteiger partial charge in [0.2, 0.25) is 0 Å². The molecule has 112 valence electrons. The number of hydrogen-bond acceptors (Lipinski definition) is 2. The van der Waals surface area contributed by atoms with E-state index in [9.17, 15) is 8.78 Å². The molecule has 20 heavy (non-hydrogen) atoms. The minimum Gasteiger partial charge on any atom is -0.326 e. The molecule has 0 heterocycles. The van der Waals surface area contributed by atoms with Crippen molar-refractivity contribution in [3.05, 3.63) is 35.4 Å². The van der Waals surface area contributed by atoms with Crippen LogP contribution in [0.4, 0.5) is 8.78 Å². The lowest BCUT2D eigenvalue weighted by Crippen LogP contribution is -2.59. The number of nitrogens with two attached hydrogens (primary N) is 1. The van der Waals surface area contributed by atoms with Crippen molar-refractivity contribution in [2.24, 2.45) is 5.73 Å². The fourth-order valence-corrected chi connectivity index (χ4v) is 3.43. The summed E-state index contributed by atoms with van der Waals surface area (Å²) in [5, 5.41) is 0. The van der Waals surface area contributed by atoms with Crippen LogP contribution in [0.25, 0.3) is 0 Å². The number of hydrogen-bond donors (Lipinski definition) is 1. The smallest absolute Gasteiger partial charge is 0.129 e. The first-order valence-corrected chi connectivity index (χ1v) is 7.32. The van der Waals surface area contributed by atoms with E-state index in [-0.39, 0.29) is 11.6 Å². The van der Waals surface area contributed by atoms with Crippen LogP contribution in [-0.4, -0.2) is 30.6 Å². The Bertz CT molecular complexity index is 454. The third kappa shape index (κ3) is 3.01. The van der Waals surface area contributed by atoms with Crippen LogP contribution < -0.4 is 5.73 Å². The molecule has 0 amide bonds. The highest BCUT2D eigenvalue weighted by molar-refractivity contribution is 5.21. The Morgan fingerprint density at radius 3 is 2.40 bits per heavy atom. The van der Waals surface area contributed by atoms with E-state index in [2.05, 4.69) is 4.90 Å². The molecule has 1 aromatic carbocycles. The summed E-state index contributed by atoms with van der Waals surface area (Å²) in [4.78, 5) is 2.19. The van der Waals surface area contributed by atoms with Crippen LogP contribution in [0.5, 0.6) is 0 Å². The molecule has 4 heteroatoms. The van der Waals surface area contributed by atoms with Crippen molar-refractivity contribution in [2.75, 3.05) is 14.1 Å². The topological polar surface area (TPSA) is 29.3 Å². The summed E-state index contributed by atoms with van der Waals surface area (Å²) in [5.74, 6) is -1.04. The molecule has 1 aliphatic carbocycles. The van der Waals surface area contributed by atoms with E-state index in [0.717, 1.165) is 31.7 Å². The molecular formula is C16H24F2N2. The normalized spacial score (nSPS) is 20.1. The van der Waals surface area contributed by atoms with Gasteiger partial charge in [-0.1, -0.05) is 25.3 Å². The lowest BCUT2D eigenvalue weighted by Gasteiger charge is -2.47.